The Labute approximate surface area is 89.2 Å². The molecule has 0 aliphatic carbocycles. The molecule has 0 bridgehead atoms. The number of hydrogen-bond acceptors (Lipinski definition) is 2. The highest BCUT2D eigenvalue weighted by molar-refractivity contribution is 5.34. The van der Waals surface area contributed by atoms with Gasteiger partial charge in [-0.05, 0) is 36.6 Å². The van der Waals surface area contributed by atoms with E-state index in [4.69, 9.17) is 4.42 Å². The Morgan fingerprint density at radius 3 is 2.47 bits per heavy atom. The van der Waals surface area contributed by atoms with Crippen molar-refractivity contribution in [2.24, 2.45) is 0 Å². The zero-order valence-corrected chi connectivity index (χ0v) is 8.90. The van der Waals surface area contributed by atoms with Crippen LogP contribution in [0.25, 0.3) is 0 Å². The first-order chi connectivity index (χ1) is 7.18. The van der Waals surface area contributed by atoms with Gasteiger partial charge in [0.2, 0.25) is 0 Å². The van der Waals surface area contributed by atoms with Crippen LogP contribution in [-0.2, 0) is 0 Å². The van der Waals surface area contributed by atoms with Crippen molar-refractivity contribution in [3.8, 4) is 0 Å². The number of aliphatic hydroxyl groups excluding tert-OH is 1. The molecule has 2 nitrogen and oxygen atoms in total. The lowest BCUT2D eigenvalue weighted by Crippen LogP contribution is -1.98. The van der Waals surface area contributed by atoms with Gasteiger partial charge in [-0.3, -0.25) is 0 Å². The van der Waals surface area contributed by atoms with E-state index in [0.717, 1.165) is 11.1 Å². The van der Waals surface area contributed by atoms with Gasteiger partial charge in [0, 0.05) is 5.56 Å². The lowest BCUT2D eigenvalue weighted by Gasteiger charge is -2.10. The second-order valence-corrected chi connectivity index (χ2v) is 3.80. The quantitative estimate of drug-likeness (QED) is 0.812. The average molecular weight is 202 g/mol. The monoisotopic (exact) mass is 202 g/mol. The van der Waals surface area contributed by atoms with Crippen LogP contribution in [0.4, 0.5) is 0 Å². The predicted octanol–water partition coefficient (Wildman–Crippen LogP) is 2.98. The predicted molar refractivity (Wildman–Crippen MR) is 58.7 cm³/mol. The largest absolute Gasteiger partial charge is 0.472 e. The summed E-state index contributed by atoms with van der Waals surface area (Å²) in [4.78, 5) is 0. The zero-order valence-electron chi connectivity index (χ0n) is 8.90. The van der Waals surface area contributed by atoms with Crippen LogP contribution < -0.4 is 0 Å². The second-order valence-electron chi connectivity index (χ2n) is 3.80. The maximum absolute atomic E-state index is 10.0. The van der Waals surface area contributed by atoms with Crippen molar-refractivity contribution >= 4 is 0 Å². The molecule has 0 fully saturated rings. The molecular formula is C13H14O2. The molecule has 0 aliphatic rings. The van der Waals surface area contributed by atoms with Crippen molar-refractivity contribution < 1.29 is 9.52 Å². The summed E-state index contributed by atoms with van der Waals surface area (Å²) < 4.78 is 4.95. The van der Waals surface area contributed by atoms with Gasteiger partial charge < -0.3 is 9.52 Å². The fourth-order valence-electron chi connectivity index (χ4n) is 1.56. The standard InChI is InChI=1S/C13H14O2/c1-9-3-4-11(7-10(9)2)13(14)12-5-6-15-8-12/h3-8,13-14H,1-2H3/t13-/m1/s1. The first kappa shape index (κ1) is 9.99. The van der Waals surface area contributed by atoms with E-state index < -0.39 is 6.10 Å². The van der Waals surface area contributed by atoms with Gasteiger partial charge in [0.25, 0.3) is 0 Å². The summed E-state index contributed by atoms with van der Waals surface area (Å²) >= 11 is 0. The van der Waals surface area contributed by atoms with Crippen LogP contribution in [0.3, 0.4) is 0 Å². The molecule has 15 heavy (non-hydrogen) atoms. The number of hydrogen-bond donors (Lipinski definition) is 1. The summed E-state index contributed by atoms with van der Waals surface area (Å²) in [6.45, 7) is 4.10. The summed E-state index contributed by atoms with van der Waals surface area (Å²) in [5.41, 5.74) is 4.12. The number of benzene rings is 1. The van der Waals surface area contributed by atoms with E-state index in [1.165, 1.54) is 11.1 Å². The topological polar surface area (TPSA) is 33.4 Å². The third-order valence-corrected chi connectivity index (χ3v) is 2.71. The summed E-state index contributed by atoms with van der Waals surface area (Å²) in [7, 11) is 0. The molecule has 78 valence electrons. The van der Waals surface area contributed by atoms with Gasteiger partial charge in [0.1, 0.15) is 6.10 Å². The first-order valence-corrected chi connectivity index (χ1v) is 4.96. The summed E-state index contributed by atoms with van der Waals surface area (Å²) in [6, 6.07) is 7.75. The molecule has 1 aromatic heterocycles. The van der Waals surface area contributed by atoms with E-state index in [-0.39, 0.29) is 0 Å². The molecular weight excluding hydrogens is 188 g/mol. The minimum absolute atomic E-state index is 0.594. The Hall–Kier alpha value is -1.54. The summed E-state index contributed by atoms with van der Waals surface area (Å²) in [6.07, 6.45) is 2.54. The normalized spacial score (nSPS) is 12.7. The Morgan fingerprint density at radius 2 is 1.87 bits per heavy atom. The molecule has 0 unspecified atom stereocenters. The number of aryl methyl sites for hydroxylation is 2. The number of aliphatic hydroxyl groups is 1. The Bertz CT molecular complexity index is 444. The Balaban J connectivity index is 2.34. The zero-order chi connectivity index (χ0) is 10.8. The minimum atomic E-state index is -0.594. The number of furan rings is 1. The van der Waals surface area contributed by atoms with E-state index >= 15 is 0 Å². The molecule has 2 aromatic rings. The van der Waals surface area contributed by atoms with E-state index in [1.807, 2.05) is 25.1 Å². The minimum Gasteiger partial charge on any atom is -0.472 e. The molecule has 2 heteroatoms. The Kier molecular flexibility index (Phi) is 2.60. The van der Waals surface area contributed by atoms with E-state index in [1.54, 1.807) is 18.6 Å². The lowest BCUT2D eigenvalue weighted by molar-refractivity contribution is 0.219. The SMILES string of the molecule is Cc1ccc([C@@H](O)c2ccoc2)cc1C. The highest BCUT2D eigenvalue weighted by atomic mass is 16.3. The fourth-order valence-corrected chi connectivity index (χ4v) is 1.56. The van der Waals surface area contributed by atoms with Crippen LogP contribution in [0, 0.1) is 13.8 Å². The van der Waals surface area contributed by atoms with Crippen LogP contribution in [0.5, 0.6) is 0 Å². The summed E-state index contributed by atoms with van der Waals surface area (Å²) in [5.74, 6) is 0. The lowest BCUT2D eigenvalue weighted by atomic mass is 10.00. The molecule has 1 aromatic carbocycles. The van der Waals surface area contributed by atoms with Crippen molar-refractivity contribution in [2.75, 3.05) is 0 Å². The van der Waals surface area contributed by atoms with E-state index in [2.05, 4.69) is 6.92 Å². The molecule has 2 rings (SSSR count). The van der Waals surface area contributed by atoms with Gasteiger partial charge in [-0.2, -0.15) is 0 Å². The third kappa shape index (κ3) is 1.95. The number of rotatable bonds is 2. The van der Waals surface area contributed by atoms with Crippen molar-refractivity contribution in [3.05, 3.63) is 59.0 Å². The van der Waals surface area contributed by atoms with Gasteiger partial charge in [0.05, 0.1) is 12.5 Å². The van der Waals surface area contributed by atoms with Gasteiger partial charge in [-0.1, -0.05) is 18.2 Å². The molecule has 1 atom stereocenters. The molecule has 0 saturated carbocycles. The van der Waals surface area contributed by atoms with Gasteiger partial charge >= 0.3 is 0 Å². The maximum atomic E-state index is 10.0. The second kappa shape index (κ2) is 3.91. The van der Waals surface area contributed by atoms with Crippen molar-refractivity contribution in [3.63, 3.8) is 0 Å². The molecule has 0 spiro atoms. The molecule has 1 N–H and O–H groups in total. The fraction of sp³-hybridized carbons (Fsp3) is 0.231. The van der Waals surface area contributed by atoms with Crippen LogP contribution in [0.1, 0.15) is 28.4 Å². The van der Waals surface area contributed by atoms with Crippen molar-refractivity contribution in [2.45, 2.75) is 20.0 Å². The van der Waals surface area contributed by atoms with E-state index in [9.17, 15) is 5.11 Å². The summed E-state index contributed by atoms with van der Waals surface area (Å²) in [5, 5.41) is 10.0. The Morgan fingerprint density at radius 1 is 1.07 bits per heavy atom. The molecule has 0 saturated heterocycles. The van der Waals surface area contributed by atoms with Gasteiger partial charge in [0.15, 0.2) is 0 Å². The third-order valence-electron chi connectivity index (χ3n) is 2.71. The smallest absolute Gasteiger partial charge is 0.107 e. The molecule has 1 heterocycles. The highest BCUT2D eigenvalue weighted by Crippen LogP contribution is 2.23. The first-order valence-electron chi connectivity index (χ1n) is 4.96. The molecule has 0 aliphatic heterocycles. The van der Waals surface area contributed by atoms with Gasteiger partial charge in [-0.25, -0.2) is 0 Å². The van der Waals surface area contributed by atoms with Crippen LogP contribution in [-0.4, -0.2) is 5.11 Å². The average Bonchev–Trinajstić information content (AvgIpc) is 2.74. The molecule has 0 amide bonds. The van der Waals surface area contributed by atoms with Crippen molar-refractivity contribution in [1.82, 2.24) is 0 Å². The van der Waals surface area contributed by atoms with Crippen LogP contribution >= 0.6 is 0 Å². The van der Waals surface area contributed by atoms with Crippen LogP contribution in [0.15, 0.2) is 41.2 Å². The van der Waals surface area contributed by atoms with E-state index in [0.29, 0.717) is 0 Å². The van der Waals surface area contributed by atoms with Gasteiger partial charge in [-0.15, -0.1) is 0 Å². The van der Waals surface area contributed by atoms with Crippen molar-refractivity contribution in [1.29, 1.82) is 0 Å². The molecule has 0 radical (unpaired) electrons. The van der Waals surface area contributed by atoms with Crippen LogP contribution in [0.2, 0.25) is 0 Å². The highest BCUT2D eigenvalue weighted by Gasteiger charge is 2.11. The maximum Gasteiger partial charge on any atom is 0.107 e.